The lowest BCUT2D eigenvalue weighted by Crippen LogP contribution is -2.24. The highest BCUT2D eigenvalue weighted by Crippen LogP contribution is 2.53. The second-order valence-electron chi connectivity index (χ2n) is 14.6. The third-order valence-electron chi connectivity index (χ3n) is 9.06. The quantitative estimate of drug-likeness (QED) is 0.327. The molecule has 2 saturated carbocycles. The van der Waals surface area contributed by atoms with Crippen LogP contribution in [-0.2, 0) is 0 Å². The Balaban J connectivity index is 0.000000171. The van der Waals surface area contributed by atoms with Gasteiger partial charge in [0.1, 0.15) is 0 Å². The predicted molar refractivity (Wildman–Crippen MR) is 145 cm³/mol. The Hall–Kier alpha value is -0.520. The maximum Gasteiger partial charge on any atom is -0.0185 e. The van der Waals surface area contributed by atoms with Gasteiger partial charge in [-0.15, -0.1) is 0 Å². The fourth-order valence-electron chi connectivity index (χ4n) is 6.75. The monoisotopic (exact) mass is 442 g/mol. The van der Waals surface area contributed by atoms with Gasteiger partial charge in [0.25, 0.3) is 0 Å². The van der Waals surface area contributed by atoms with Crippen LogP contribution in [0.1, 0.15) is 133 Å². The maximum absolute atomic E-state index is 2.43. The maximum atomic E-state index is 2.43. The van der Waals surface area contributed by atoms with Gasteiger partial charge < -0.3 is 0 Å². The largest absolute Gasteiger partial charge is 0.0885 e. The Labute approximate surface area is 203 Å². The van der Waals surface area contributed by atoms with Crippen molar-refractivity contribution in [1.29, 1.82) is 0 Å². The summed E-state index contributed by atoms with van der Waals surface area (Å²) in [5.74, 6) is 4.99. The SMILES string of the molecule is CC(C)(C)C1C=CCCC1.CC(C)(C)C1CC=CCC1.CC(C)(C)C1CCC2CCCC21. The van der Waals surface area contributed by atoms with Crippen LogP contribution in [0.3, 0.4) is 0 Å². The molecule has 0 aromatic rings. The van der Waals surface area contributed by atoms with E-state index in [0.717, 1.165) is 29.6 Å². The lowest BCUT2D eigenvalue weighted by molar-refractivity contribution is 0.176. The molecule has 0 bridgehead atoms. The van der Waals surface area contributed by atoms with Gasteiger partial charge in [-0.25, -0.2) is 0 Å². The second kappa shape index (κ2) is 11.8. The molecule has 0 saturated heterocycles. The molecular formula is C32H58. The normalized spacial score (nSPS) is 32.5. The summed E-state index contributed by atoms with van der Waals surface area (Å²) in [6.45, 7) is 21.3. The molecule has 2 fully saturated rings. The zero-order valence-corrected chi connectivity index (χ0v) is 23.5. The van der Waals surface area contributed by atoms with E-state index in [9.17, 15) is 0 Å². The van der Waals surface area contributed by atoms with Crippen LogP contribution < -0.4 is 0 Å². The van der Waals surface area contributed by atoms with Crippen molar-refractivity contribution >= 4 is 0 Å². The molecule has 4 aliphatic carbocycles. The van der Waals surface area contributed by atoms with Crippen molar-refractivity contribution in [3.63, 3.8) is 0 Å². The van der Waals surface area contributed by atoms with Gasteiger partial charge in [-0.2, -0.15) is 0 Å². The molecular weight excluding hydrogens is 384 g/mol. The summed E-state index contributed by atoms with van der Waals surface area (Å²) in [5, 5.41) is 0. The summed E-state index contributed by atoms with van der Waals surface area (Å²) in [6.07, 6.45) is 25.1. The van der Waals surface area contributed by atoms with Crippen LogP contribution >= 0.6 is 0 Å². The van der Waals surface area contributed by atoms with Gasteiger partial charge in [0.2, 0.25) is 0 Å². The smallest absolute Gasteiger partial charge is 0.0185 e. The summed E-state index contributed by atoms with van der Waals surface area (Å²) in [6, 6.07) is 0. The Morgan fingerprint density at radius 2 is 1.28 bits per heavy atom. The summed E-state index contributed by atoms with van der Waals surface area (Å²) < 4.78 is 0. The Morgan fingerprint density at radius 3 is 1.72 bits per heavy atom. The molecule has 4 rings (SSSR count). The van der Waals surface area contributed by atoms with Crippen LogP contribution in [0.2, 0.25) is 0 Å². The molecule has 4 aliphatic rings. The van der Waals surface area contributed by atoms with Crippen LogP contribution in [0.25, 0.3) is 0 Å². The highest BCUT2D eigenvalue weighted by atomic mass is 14.5. The van der Waals surface area contributed by atoms with Crippen LogP contribution in [0.5, 0.6) is 0 Å². The fraction of sp³-hybridized carbons (Fsp3) is 0.875. The minimum Gasteiger partial charge on any atom is -0.0885 e. The summed E-state index contributed by atoms with van der Waals surface area (Å²) >= 11 is 0. The molecule has 186 valence electrons. The van der Waals surface area contributed by atoms with E-state index in [1.807, 2.05) is 0 Å². The first-order valence-corrected chi connectivity index (χ1v) is 14.1. The molecule has 32 heavy (non-hydrogen) atoms. The molecule has 0 heteroatoms. The molecule has 0 heterocycles. The molecule has 0 aliphatic heterocycles. The number of hydrogen-bond acceptors (Lipinski definition) is 0. The van der Waals surface area contributed by atoms with Crippen molar-refractivity contribution in [1.82, 2.24) is 0 Å². The minimum absolute atomic E-state index is 0.483. The number of rotatable bonds is 0. The van der Waals surface area contributed by atoms with E-state index in [4.69, 9.17) is 0 Å². The molecule has 0 radical (unpaired) electrons. The Kier molecular flexibility index (Phi) is 10.2. The van der Waals surface area contributed by atoms with Gasteiger partial charge in [0.05, 0.1) is 0 Å². The van der Waals surface area contributed by atoms with Crippen molar-refractivity contribution < 1.29 is 0 Å². The van der Waals surface area contributed by atoms with Crippen molar-refractivity contribution in [3.05, 3.63) is 24.3 Å². The average molecular weight is 443 g/mol. The predicted octanol–water partition coefficient (Wildman–Crippen LogP) is 10.6. The standard InChI is InChI=1S/C12H22.2C10H18/c1-12(2,3)11-8-7-9-5-4-6-10(9)11;2*1-10(2,3)9-7-5-4-6-8-9/h9-11H,4-8H2,1-3H3;5,7,9H,4,6,8H2,1-3H3;4-5,9H,6-8H2,1-3H3. The molecule has 0 spiro atoms. The topological polar surface area (TPSA) is 0 Å². The highest BCUT2D eigenvalue weighted by molar-refractivity contribution is 4.97. The molecule has 0 aromatic heterocycles. The van der Waals surface area contributed by atoms with Gasteiger partial charge in [-0.3, -0.25) is 0 Å². The van der Waals surface area contributed by atoms with Crippen molar-refractivity contribution in [2.45, 2.75) is 133 Å². The van der Waals surface area contributed by atoms with E-state index < -0.39 is 0 Å². The number of allylic oxidation sites excluding steroid dienone is 4. The molecule has 0 N–H and O–H groups in total. The number of hydrogen-bond donors (Lipinski definition) is 0. The first-order chi connectivity index (χ1) is 14.8. The van der Waals surface area contributed by atoms with Crippen molar-refractivity contribution in [2.24, 2.45) is 45.8 Å². The zero-order chi connectivity index (χ0) is 24.0. The van der Waals surface area contributed by atoms with E-state index in [2.05, 4.69) is 86.6 Å². The van der Waals surface area contributed by atoms with Gasteiger partial charge in [0.15, 0.2) is 0 Å². The van der Waals surface area contributed by atoms with Crippen LogP contribution in [-0.4, -0.2) is 0 Å². The van der Waals surface area contributed by atoms with Crippen molar-refractivity contribution in [3.8, 4) is 0 Å². The lowest BCUT2D eigenvalue weighted by atomic mass is 9.74. The van der Waals surface area contributed by atoms with Gasteiger partial charge >= 0.3 is 0 Å². The Bertz CT molecular complexity index is 585. The van der Waals surface area contributed by atoms with Crippen LogP contribution in [0.15, 0.2) is 24.3 Å². The van der Waals surface area contributed by atoms with E-state index >= 15 is 0 Å². The lowest BCUT2D eigenvalue weighted by Gasteiger charge is -2.32. The third kappa shape index (κ3) is 8.68. The molecule has 0 nitrogen and oxygen atoms in total. The average Bonchev–Trinajstić information content (AvgIpc) is 3.32. The second-order valence-corrected chi connectivity index (χ2v) is 14.6. The van der Waals surface area contributed by atoms with E-state index in [1.165, 1.54) is 70.6 Å². The third-order valence-corrected chi connectivity index (χ3v) is 9.06. The molecule has 5 atom stereocenters. The fourth-order valence-corrected chi connectivity index (χ4v) is 6.75. The van der Waals surface area contributed by atoms with Crippen molar-refractivity contribution in [2.75, 3.05) is 0 Å². The molecule has 0 amide bonds. The Morgan fingerprint density at radius 1 is 0.562 bits per heavy atom. The van der Waals surface area contributed by atoms with E-state index in [1.54, 1.807) is 0 Å². The van der Waals surface area contributed by atoms with Crippen LogP contribution in [0.4, 0.5) is 0 Å². The number of fused-ring (bicyclic) bond motifs is 1. The van der Waals surface area contributed by atoms with E-state index in [-0.39, 0.29) is 0 Å². The van der Waals surface area contributed by atoms with Gasteiger partial charge in [-0.05, 0) is 104 Å². The molecule has 0 aromatic carbocycles. The summed E-state index contributed by atoms with van der Waals surface area (Å²) in [7, 11) is 0. The first-order valence-electron chi connectivity index (χ1n) is 14.1. The summed E-state index contributed by atoms with van der Waals surface area (Å²) in [4.78, 5) is 0. The highest BCUT2D eigenvalue weighted by Gasteiger charge is 2.43. The minimum atomic E-state index is 0.483. The zero-order valence-electron chi connectivity index (χ0n) is 23.5. The van der Waals surface area contributed by atoms with E-state index in [0.29, 0.717) is 16.2 Å². The van der Waals surface area contributed by atoms with Gasteiger partial charge in [0, 0.05) is 0 Å². The van der Waals surface area contributed by atoms with Crippen LogP contribution in [0, 0.1) is 45.8 Å². The van der Waals surface area contributed by atoms with Gasteiger partial charge in [-0.1, -0.05) is 99.5 Å². The first kappa shape index (κ1) is 27.7. The summed E-state index contributed by atoms with van der Waals surface area (Å²) in [5.41, 5.74) is 1.57. The molecule has 5 unspecified atom stereocenters.